The summed E-state index contributed by atoms with van der Waals surface area (Å²) in [7, 11) is 0. The van der Waals surface area contributed by atoms with E-state index in [2.05, 4.69) is 10.3 Å². The Hall–Kier alpha value is -1.29. The molecule has 0 saturated carbocycles. The minimum absolute atomic E-state index is 0.238. The van der Waals surface area contributed by atoms with E-state index in [9.17, 15) is 0 Å². The predicted molar refractivity (Wildman–Crippen MR) is 60.2 cm³/mol. The van der Waals surface area contributed by atoms with Crippen molar-refractivity contribution in [3.63, 3.8) is 0 Å². The van der Waals surface area contributed by atoms with E-state index in [0.717, 1.165) is 31.0 Å². The van der Waals surface area contributed by atoms with Gasteiger partial charge in [0, 0.05) is 19.3 Å². The summed E-state index contributed by atoms with van der Waals surface area (Å²) in [5.41, 5.74) is 0. The zero-order valence-corrected chi connectivity index (χ0v) is 9.07. The number of anilines is 1. The number of aliphatic hydroxyl groups is 1. The SMILES string of the molecule is CCOc1cccnc1NCCCCO. The van der Waals surface area contributed by atoms with Gasteiger partial charge in [0.1, 0.15) is 0 Å². The van der Waals surface area contributed by atoms with Crippen LogP contribution in [0.25, 0.3) is 0 Å². The summed E-state index contributed by atoms with van der Waals surface area (Å²) in [5.74, 6) is 1.56. The molecule has 0 spiro atoms. The van der Waals surface area contributed by atoms with Crippen molar-refractivity contribution < 1.29 is 9.84 Å². The lowest BCUT2D eigenvalue weighted by Gasteiger charge is -2.10. The molecular weight excluding hydrogens is 192 g/mol. The van der Waals surface area contributed by atoms with Crippen molar-refractivity contribution in [2.24, 2.45) is 0 Å². The fourth-order valence-electron chi connectivity index (χ4n) is 1.24. The van der Waals surface area contributed by atoms with Crippen LogP contribution in [0.2, 0.25) is 0 Å². The van der Waals surface area contributed by atoms with Crippen molar-refractivity contribution in [3.05, 3.63) is 18.3 Å². The van der Waals surface area contributed by atoms with Crippen LogP contribution in [-0.4, -0.2) is 29.8 Å². The van der Waals surface area contributed by atoms with Gasteiger partial charge in [0.05, 0.1) is 6.61 Å². The van der Waals surface area contributed by atoms with Gasteiger partial charge >= 0.3 is 0 Å². The summed E-state index contributed by atoms with van der Waals surface area (Å²) in [6, 6.07) is 3.74. The highest BCUT2D eigenvalue weighted by molar-refractivity contribution is 5.49. The fourth-order valence-corrected chi connectivity index (χ4v) is 1.24. The van der Waals surface area contributed by atoms with E-state index in [1.807, 2.05) is 19.1 Å². The summed E-state index contributed by atoms with van der Waals surface area (Å²) >= 11 is 0. The summed E-state index contributed by atoms with van der Waals surface area (Å²) in [6.07, 6.45) is 3.47. The minimum Gasteiger partial charge on any atom is -0.490 e. The second kappa shape index (κ2) is 7.06. The van der Waals surface area contributed by atoms with Gasteiger partial charge in [-0.1, -0.05) is 0 Å². The maximum atomic E-state index is 8.63. The number of unbranched alkanes of at least 4 members (excludes halogenated alkanes) is 1. The van der Waals surface area contributed by atoms with Gasteiger partial charge in [-0.05, 0) is 31.9 Å². The van der Waals surface area contributed by atoms with Gasteiger partial charge in [0.2, 0.25) is 0 Å². The van der Waals surface area contributed by atoms with E-state index in [-0.39, 0.29) is 6.61 Å². The van der Waals surface area contributed by atoms with Crippen LogP contribution < -0.4 is 10.1 Å². The van der Waals surface area contributed by atoms with Gasteiger partial charge in [0.15, 0.2) is 11.6 Å². The standard InChI is InChI=1S/C11H18N2O2/c1-2-15-10-6-5-8-13-11(10)12-7-3-4-9-14/h5-6,8,14H,2-4,7,9H2,1H3,(H,12,13). The molecule has 0 aliphatic rings. The van der Waals surface area contributed by atoms with E-state index >= 15 is 0 Å². The zero-order valence-electron chi connectivity index (χ0n) is 9.07. The third-order valence-electron chi connectivity index (χ3n) is 1.95. The normalized spacial score (nSPS) is 10.0. The number of aliphatic hydroxyl groups excluding tert-OH is 1. The minimum atomic E-state index is 0.238. The van der Waals surface area contributed by atoms with E-state index < -0.39 is 0 Å². The Labute approximate surface area is 90.3 Å². The van der Waals surface area contributed by atoms with Crippen molar-refractivity contribution >= 4 is 5.82 Å². The Morgan fingerprint density at radius 1 is 1.47 bits per heavy atom. The Bertz CT molecular complexity index is 279. The Kier molecular flexibility index (Phi) is 5.55. The lowest BCUT2D eigenvalue weighted by molar-refractivity contribution is 0.286. The van der Waals surface area contributed by atoms with Crippen LogP contribution in [0.5, 0.6) is 5.75 Å². The molecule has 1 heterocycles. The molecule has 2 N–H and O–H groups in total. The lowest BCUT2D eigenvalue weighted by Crippen LogP contribution is -2.06. The van der Waals surface area contributed by atoms with Crippen LogP contribution in [0.1, 0.15) is 19.8 Å². The van der Waals surface area contributed by atoms with E-state index in [0.29, 0.717) is 6.61 Å². The Morgan fingerprint density at radius 3 is 3.07 bits per heavy atom. The number of aromatic nitrogens is 1. The molecule has 1 aromatic rings. The van der Waals surface area contributed by atoms with Gasteiger partial charge in [-0.15, -0.1) is 0 Å². The van der Waals surface area contributed by atoms with Crippen LogP contribution in [-0.2, 0) is 0 Å². The van der Waals surface area contributed by atoms with Crippen molar-refractivity contribution in [1.29, 1.82) is 0 Å². The average Bonchev–Trinajstić information content (AvgIpc) is 2.27. The predicted octanol–water partition coefficient (Wildman–Crippen LogP) is 1.66. The van der Waals surface area contributed by atoms with Crippen molar-refractivity contribution in [1.82, 2.24) is 4.98 Å². The molecule has 84 valence electrons. The van der Waals surface area contributed by atoms with Crippen LogP contribution in [0.4, 0.5) is 5.82 Å². The van der Waals surface area contributed by atoms with Crippen LogP contribution in [0.15, 0.2) is 18.3 Å². The highest BCUT2D eigenvalue weighted by atomic mass is 16.5. The Morgan fingerprint density at radius 2 is 2.33 bits per heavy atom. The highest BCUT2D eigenvalue weighted by Crippen LogP contribution is 2.20. The van der Waals surface area contributed by atoms with Crippen molar-refractivity contribution in [3.8, 4) is 5.75 Å². The molecule has 0 atom stereocenters. The highest BCUT2D eigenvalue weighted by Gasteiger charge is 2.01. The number of nitrogens with zero attached hydrogens (tertiary/aromatic N) is 1. The van der Waals surface area contributed by atoms with Gasteiger partial charge < -0.3 is 15.2 Å². The summed E-state index contributed by atoms with van der Waals surface area (Å²) in [4.78, 5) is 4.20. The molecule has 4 heteroatoms. The number of rotatable bonds is 7. The number of hydrogen-bond acceptors (Lipinski definition) is 4. The van der Waals surface area contributed by atoms with Crippen molar-refractivity contribution in [2.45, 2.75) is 19.8 Å². The summed E-state index contributed by atoms with van der Waals surface area (Å²) in [5, 5.41) is 11.8. The molecule has 0 amide bonds. The largest absolute Gasteiger partial charge is 0.490 e. The second-order valence-corrected chi connectivity index (χ2v) is 3.14. The molecule has 0 aliphatic carbocycles. The number of nitrogens with one attached hydrogen (secondary N) is 1. The molecule has 0 aliphatic heterocycles. The fraction of sp³-hybridized carbons (Fsp3) is 0.545. The van der Waals surface area contributed by atoms with Crippen molar-refractivity contribution in [2.75, 3.05) is 25.1 Å². The smallest absolute Gasteiger partial charge is 0.168 e. The molecule has 0 unspecified atom stereocenters. The van der Waals surface area contributed by atoms with Gasteiger partial charge in [0.25, 0.3) is 0 Å². The van der Waals surface area contributed by atoms with E-state index in [1.54, 1.807) is 6.20 Å². The van der Waals surface area contributed by atoms with Gasteiger partial charge in [-0.2, -0.15) is 0 Å². The molecule has 15 heavy (non-hydrogen) atoms. The van der Waals surface area contributed by atoms with Gasteiger partial charge in [-0.25, -0.2) is 4.98 Å². The van der Waals surface area contributed by atoms with Crippen LogP contribution >= 0.6 is 0 Å². The molecule has 0 saturated heterocycles. The number of hydrogen-bond donors (Lipinski definition) is 2. The second-order valence-electron chi connectivity index (χ2n) is 3.14. The average molecular weight is 210 g/mol. The molecule has 0 aromatic carbocycles. The molecule has 1 rings (SSSR count). The molecule has 0 radical (unpaired) electrons. The first-order valence-electron chi connectivity index (χ1n) is 5.31. The topological polar surface area (TPSA) is 54.4 Å². The molecular formula is C11H18N2O2. The molecule has 4 nitrogen and oxygen atoms in total. The third kappa shape index (κ3) is 4.16. The first kappa shape index (κ1) is 11.8. The quantitative estimate of drug-likeness (QED) is 0.672. The Balaban J connectivity index is 2.44. The van der Waals surface area contributed by atoms with Crippen LogP contribution in [0, 0.1) is 0 Å². The summed E-state index contributed by atoms with van der Waals surface area (Å²) < 4.78 is 5.42. The van der Waals surface area contributed by atoms with E-state index in [1.165, 1.54) is 0 Å². The monoisotopic (exact) mass is 210 g/mol. The first-order chi connectivity index (χ1) is 7.38. The molecule has 1 aromatic heterocycles. The zero-order chi connectivity index (χ0) is 10.9. The maximum Gasteiger partial charge on any atom is 0.168 e. The third-order valence-corrected chi connectivity index (χ3v) is 1.95. The number of ether oxygens (including phenoxy) is 1. The molecule has 0 bridgehead atoms. The van der Waals surface area contributed by atoms with Crippen LogP contribution in [0.3, 0.4) is 0 Å². The van der Waals surface area contributed by atoms with Gasteiger partial charge in [-0.3, -0.25) is 0 Å². The maximum absolute atomic E-state index is 8.63. The summed E-state index contributed by atoms with van der Waals surface area (Å²) in [6.45, 7) is 3.62. The molecule has 0 fully saturated rings. The first-order valence-corrected chi connectivity index (χ1v) is 5.31. The lowest BCUT2D eigenvalue weighted by atomic mass is 10.3. The van der Waals surface area contributed by atoms with E-state index in [4.69, 9.17) is 9.84 Å². The number of pyridine rings is 1.